The molecule has 0 atom stereocenters. The number of halogens is 1. The van der Waals surface area contributed by atoms with Crippen LogP contribution >= 0.6 is 11.6 Å². The molecule has 0 bridgehead atoms. The highest BCUT2D eigenvalue weighted by Gasteiger charge is 2.16. The average Bonchev–Trinajstić information content (AvgIpc) is 3.23. The van der Waals surface area contributed by atoms with Crippen molar-refractivity contribution in [2.24, 2.45) is 0 Å². The van der Waals surface area contributed by atoms with Gasteiger partial charge in [0.25, 0.3) is 5.91 Å². The Morgan fingerprint density at radius 3 is 2.50 bits per heavy atom. The predicted molar refractivity (Wildman–Crippen MR) is 118 cm³/mol. The maximum absolute atomic E-state index is 12.7. The number of hydrogen-bond acceptors (Lipinski definition) is 6. The second-order valence-electron chi connectivity index (χ2n) is 6.65. The number of nitrogens with one attached hydrogen (secondary N) is 1. The third kappa shape index (κ3) is 3.93. The lowest BCUT2D eigenvalue weighted by molar-refractivity contribution is 0.0697. The molecular formula is C22H17ClN4O5. The molecule has 4 rings (SSSR count). The molecule has 162 valence electrons. The van der Waals surface area contributed by atoms with E-state index in [2.05, 4.69) is 15.4 Å². The first-order chi connectivity index (χ1) is 15.4. The summed E-state index contributed by atoms with van der Waals surface area (Å²) in [5.74, 6) is -0.494. The highest BCUT2D eigenvalue weighted by Crippen LogP contribution is 2.32. The number of methoxy groups -OCH3 is 2. The maximum atomic E-state index is 12.7. The highest BCUT2D eigenvalue weighted by atomic mass is 35.5. The van der Waals surface area contributed by atoms with Crippen LogP contribution in [0.15, 0.2) is 54.7 Å². The lowest BCUT2D eigenvalue weighted by Gasteiger charge is -2.10. The fourth-order valence-corrected chi connectivity index (χ4v) is 3.44. The zero-order valence-electron chi connectivity index (χ0n) is 17.0. The van der Waals surface area contributed by atoms with Crippen LogP contribution in [-0.4, -0.2) is 45.8 Å². The van der Waals surface area contributed by atoms with Gasteiger partial charge >= 0.3 is 5.97 Å². The average molecular weight is 453 g/mol. The van der Waals surface area contributed by atoms with E-state index in [-0.39, 0.29) is 16.3 Å². The Bertz CT molecular complexity index is 1350. The third-order valence-electron chi connectivity index (χ3n) is 4.73. The van der Waals surface area contributed by atoms with E-state index in [0.29, 0.717) is 28.5 Å². The van der Waals surface area contributed by atoms with Crippen LogP contribution < -0.4 is 14.8 Å². The molecule has 10 heteroatoms. The molecule has 0 aliphatic rings. The Morgan fingerprint density at radius 1 is 1.03 bits per heavy atom. The van der Waals surface area contributed by atoms with E-state index in [1.807, 2.05) is 6.07 Å². The van der Waals surface area contributed by atoms with Gasteiger partial charge in [0.1, 0.15) is 0 Å². The van der Waals surface area contributed by atoms with Gasteiger partial charge in [0.2, 0.25) is 0 Å². The molecule has 0 fully saturated rings. The second-order valence-corrected chi connectivity index (χ2v) is 7.06. The first-order valence-electron chi connectivity index (χ1n) is 9.32. The number of amides is 1. The van der Waals surface area contributed by atoms with Crippen molar-refractivity contribution in [2.75, 3.05) is 19.5 Å². The monoisotopic (exact) mass is 452 g/mol. The van der Waals surface area contributed by atoms with Gasteiger partial charge in [-0.15, -0.1) is 0 Å². The zero-order valence-corrected chi connectivity index (χ0v) is 17.8. The number of rotatable bonds is 6. The largest absolute Gasteiger partial charge is 0.493 e. The summed E-state index contributed by atoms with van der Waals surface area (Å²) in [6.45, 7) is 0. The van der Waals surface area contributed by atoms with Gasteiger partial charge in [-0.25, -0.2) is 14.3 Å². The number of carbonyl (C=O) groups excluding carboxylic acids is 1. The molecule has 0 aliphatic carbocycles. The summed E-state index contributed by atoms with van der Waals surface area (Å²) in [6.07, 6.45) is 1.62. The van der Waals surface area contributed by atoms with E-state index in [9.17, 15) is 9.59 Å². The Hall–Kier alpha value is -4.11. The highest BCUT2D eigenvalue weighted by molar-refractivity contribution is 6.33. The molecule has 0 saturated heterocycles. The van der Waals surface area contributed by atoms with E-state index >= 15 is 0 Å². The minimum absolute atomic E-state index is 0.0164. The molecule has 0 unspecified atom stereocenters. The molecular weight excluding hydrogens is 436 g/mol. The number of carbonyl (C=O) groups is 2. The minimum Gasteiger partial charge on any atom is -0.493 e. The molecule has 2 aromatic carbocycles. The number of nitrogens with zero attached hydrogens (tertiary/aromatic N) is 3. The van der Waals surface area contributed by atoms with Crippen molar-refractivity contribution in [1.29, 1.82) is 0 Å². The molecule has 1 amide bonds. The predicted octanol–water partition coefficient (Wildman–Crippen LogP) is 4.02. The minimum atomic E-state index is -1.15. The Kier molecular flexibility index (Phi) is 5.65. The normalized spacial score (nSPS) is 10.7. The van der Waals surface area contributed by atoms with Gasteiger partial charge in [-0.2, -0.15) is 5.10 Å². The summed E-state index contributed by atoms with van der Waals surface area (Å²) in [5, 5.41) is 16.1. The molecule has 2 aromatic heterocycles. The van der Waals surface area contributed by atoms with Gasteiger partial charge in [-0.05, 0) is 42.5 Å². The van der Waals surface area contributed by atoms with E-state index in [1.165, 1.54) is 18.2 Å². The molecule has 0 radical (unpaired) electrons. The molecule has 4 aromatic rings. The fraction of sp³-hybridized carbons (Fsp3) is 0.0909. The zero-order chi connectivity index (χ0) is 22.8. The van der Waals surface area contributed by atoms with E-state index in [4.69, 9.17) is 26.2 Å². The first-order valence-corrected chi connectivity index (χ1v) is 9.70. The lowest BCUT2D eigenvalue weighted by atomic mass is 10.1. The van der Waals surface area contributed by atoms with Crippen molar-refractivity contribution >= 4 is 34.8 Å². The van der Waals surface area contributed by atoms with E-state index < -0.39 is 11.9 Å². The van der Waals surface area contributed by atoms with Gasteiger partial charge in [0.15, 0.2) is 22.8 Å². The molecule has 0 aliphatic heterocycles. The number of aromatic carboxylic acids is 1. The van der Waals surface area contributed by atoms with E-state index in [0.717, 1.165) is 5.56 Å². The number of carboxylic acid groups (broad SMARTS) is 1. The summed E-state index contributed by atoms with van der Waals surface area (Å²) in [7, 11) is 3.11. The number of carboxylic acids is 1. The van der Waals surface area contributed by atoms with Crippen molar-refractivity contribution < 1.29 is 24.2 Å². The van der Waals surface area contributed by atoms with Crippen molar-refractivity contribution in [3.8, 4) is 22.8 Å². The number of aromatic nitrogens is 3. The van der Waals surface area contributed by atoms with Gasteiger partial charge in [-0.1, -0.05) is 11.6 Å². The molecule has 0 spiro atoms. The standard InChI is InChI=1S/C22H17ClN4O5/c1-31-18-6-3-12(9-19(18)32-2)17-7-8-24-20-11-16(26-27(17)20)21(28)25-13-4-5-14(22(29)30)15(23)10-13/h3-11H,1-2H3,(H,25,28)(H,29,30). The first kappa shape index (κ1) is 21.1. The second kappa shape index (κ2) is 8.56. The van der Waals surface area contributed by atoms with Crippen molar-refractivity contribution in [3.63, 3.8) is 0 Å². The van der Waals surface area contributed by atoms with Gasteiger partial charge in [0, 0.05) is 23.5 Å². The maximum Gasteiger partial charge on any atom is 0.337 e. The van der Waals surface area contributed by atoms with Crippen LogP contribution in [0, 0.1) is 0 Å². The van der Waals surface area contributed by atoms with Crippen LogP contribution in [0.25, 0.3) is 16.9 Å². The third-order valence-corrected chi connectivity index (χ3v) is 5.04. The quantitative estimate of drug-likeness (QED) is 0.454. The van der Waals surface area contributed by atoms with Crippen LogP contribution in [0.3, 0.4) is 0 Å². The Balaban J connectivity index is 1.67. The summed E-state index contributed by atoms with van der Waals surface area (Å²) < 4.78 is 12.2. The molecule has 0 saturated carbocycles. The summed E-state index contributed by atoms with van der Waals surface area (Å²) in [6, 6.07) is 12.9. The number of benzene rings is 2. The number of ether oxygens (including phenoxy) is 2. The van der Waals surface area contributed by atoms with Crippen molar-refractivity contribution in [1.82, 2.24) is 14.6 Å². The Labute approximate surface area is 187 Å². The smallest absolute Gasteiger partial charge is 0.337 e. The van der Waals surface area contributed by atoms with Crippen LogP contribution in [0.5, 0.6) is 11.5 Å². The topological polar surface area (TPSA) is 115 Å². The van der Waals surface area contributed by atoms with Crippen molar-refractivity contribution in [3.05, 3.63) is 71.0 Å². The summed E-state index contributed by atoms with van der Waals surface area (Å²) >= 11 is 5.97. The Morgan fingerprint density at radius 2 is 1.81 bits per heavy atom. The van der Waals surface area contributed by atoms with Crippen LogP contribution in [0.1, 0.15) is 20.8 Å². The van der Waals surface area contributed by atoms with Crippen molar-refractivity contribution in [2.45, 2.75) is 0 Å². The molecule has 32 heavy (non-hydrogen) atoms. The molecule has 2 N–H and O–H groups in total. The summed E-state index contributed by atoms with van der Waals surface area (Å²) in [4.78, 5) is 28.1. The van der Waals surface area contributed by atoms with Gasteiger partial charge < -0.3 is 19.9 Å². The van der Waals surface area contributed by atoms with Gasteiger partial charge in [-0.3, -0.25) is 4.79 Å². The van der Waals surface area contributed by atoms with Crippen LogP contribution in [-0.2, 0) is 0 Å². The molecule has 2 heterocycles. The molecule has 9 nitrogen and oxygen atoms in total. The van der Waals surface area contributed by atoms with Crippen LogP contribution in [0.4, 0.5) is 5.69 Å². The lowest BCUT2D eigenvalue weighted by Crippen LogP contribution is -2.13. The van der Waals surface area contributed by atoms with Gasteiger partial charge in [0.05, 0.1) is 30.5 Å². The number of fused-ring (bicyclic) bond motifs is 1. The SMILES string of the molecule is COc1ccc(-c2ccnc3cc(C(=O)Nc4ccc(C(=O)O)c(Cl)c4)nn23)cc1OC. The van der Waals surface area contributed by atoms with Crippen LogP contribution in [0.2, 0.25) is 5.02 Å². The van der Waals surface area contributed by atoms with E-state index in [1.54, 1.807) is 49.2 Å². The number of hydrogen-bond donors (Lipinski definition) is 2. The number of anilines is 1. The summed E-state index contributed by atoms with van der Waals surface area (Å²) in [5.41, 5.74) is 2.38. The fourth-order valence-electron chi connectivity index (χ4n) is 3.18.